The van der Waals surface area contributed by atoms with Crippen LogP contribution < -0.4 is 5.73 Å². The first kappa shape index (κ1) is 15.9. The van der Waals surface area contributed by atoms with Crippen LogP contribution in [0.2, 0.25) is 0 Å². The number of amides is 1. The lowest BCUT2D eigenvalue weighted by molar-refractivity contribution is 0.0734. The molecule has 0 aromatic carbocycles. The smallest absolute Gasteiger partial charge is 0.272 e. The van der Waals surface area contributed by atoms with Crippen LogP contribution in [0, 0.1) is 12.8 Å². The van der Waals surface area contributed by atoms with Gasteiger partial charge >= 0.3 is 0 Å². The highest BCUT2D eigenvalue weighted by Crippen LogP contribution is 2.07. The topological polar surface area (TPSA) is 91.8 Å². The SMILES string of the molecule is Cc1cccc(C(=O)N(CCC(N)=NO)CC(C)C)n1. The average Bonchev–Trinajstić information content (AvgIpc) is 2.41. The maximum absolute atomic E-state index is 12.5. The predicted molar refractivity (Wildman–Crippen MR) is 77.7 cm³/mol. The molecule has 1 rings (SSSR count). The number of hydrogen-bond donors (Lipinski definition) is 2. The molecule has 20 heavy (non-hydrogen) atoms. The fraction of sp³-hybridized carbons (Fsp3) is 0.500. The van der Waals surface area contributed by atoms with Crippen molar-refractivity contribution in [2.24, 2.45) is 16.8 Å². The van der Waals surface area contributed by atoms with E-state index in [0.29, 0.717) is 31.1 Å². The average molecular weight is 278 g/mol. The van der Waals surface area contributed by atoms with Crippen molar-refractivity contribution in [1.82, 2.24) is 9.88 Å². The van der Waals surface area contributed by atoms with Crippen molar-refractivity contribution in [2.45, 2.75) is 27.2 Å². The summed E-state index contributed by atoms with van der Waals surface area (Å²) >= 11 is 0. The number of nitrogens with two attached hydrogens (primary N) is 1. The first-order chi connectivity index (χ1) is 9.43. The Bertz CT molecular complexity index is 486. The van der Waals surface area contributed by atoms with Crippen LogP contribution in [0.5, 0.6) is 0 Å². The van der Waals surface area contributed by atoms with E-state index in [-0.39, 0.29) is 11.7 Å². The first-order valence-electron chi connectivity index (χ1n) is 6.63. The van der Waals surface area contributed by atoms with Crippen LogP contribution in [-0.4, -0.2) is 39.9 Å². The normalized spacial score (nSPS) is 11.7. The second kappa shape index (κ2) is 7.47. The molecule has 110 valence electrons. The summed E-state index contributed by atoms with van der Waals surface area (Å²) in [5.74, 6) is 0.313. The van der Waals surface area contributed by atoms with Crippen molar-refractivity contribution < 1.29 is 10.0 Å². The van der Waals surface area contributed by atoms with E-state index < -0.39 is 0 Å². The van der Waals surface area contributed by atoms with E-state index in [1.807, 2.05) is 32.9 Å². The van der Waals surface area contributed by atoms with Gasteiger partial charge in [-0.2, -0.15) is 0 Å². The molecular formula is C14H22N4O2. The number of amidine groups is 1. The van der Waals surface area contributed by atoms with Gasteiger partial charge in [-0.15, -0.1) is 0 Å². The summed E-state index contributed by atoms with van der Waals surface area (Å²) in [5.41, 5.74) is 6.69. The van der Waals surface area contributed by atoms with E-state index in [9.17, 15) is 4.79 Å². The zero-order chi connectivity index (χ0) is 15.1. The van der Waals surface area contributed by atoms with Crippen LogP contribution in [0.15, 0.2) is 23.4 Å². The van der Waals surface area contributed by atoms with Gasteiger partial charge in [0.1, 0.15) is 11.5 Å². The molecule has 0 unspecified atom stereocenters. The van der Waals surface area contributed by atoms with E-state index in [4.69, 9.17) is 10.9 Å². The quantitative estimate of drug-likeness (QED) is 0.358. The molecule has 0 bridgehead atoms. The van der Waals surface area contributed by atoms with Gasteiger partial charge in [0.2, 0.25) is 0 Å². The second-order valence-corrected chi connectivity index (χ2v) is 5.15. The van der Waals surface area contributed by atoms with Gasteiger partial charge in [0.05, 0.1) is 0 Å². The molecule has 6 heteroatoms. The summed E-state index contributed by atoms with van der Waals surface area (Å²) in [5, 5.41) is 11.5. The van der Waals surface area contributed by atoms with Crippen LogP contribution in [0.25, 0.3) is 0 Å². The molecule has 0 aliphatic heterocycles. The number of pyridine rings is 1. The van der Waals surface area contributed by atoms with Gasteiger partial charge < -0.3 is 15.8 Å². The standard InChI is InChI=1S/C14H22N4O2/c1-10(2)9-18(8-7-13(15)17-20)14(19)12-6-4-5-11(3)16-12/h4-6,10,20H,7-9H2,1-3H3,(H2,15,17). The maximum atomic E-state index is 12.5. The van der Waals surface area contributed by atoms with Crippen molar-refractivity contribution in [1.29, 1.82) is 0 Å². The molecular weight excluding hydrogens is 256 g/mol. The Balaban J connectivity index is 2.84. The number of nitrogens with zero attached hydrogens (tertiary/aromatic N) is 3. The second-order valence-electron chi connectivity index (χ2n) is 5.15. The summed E-state index contributed by atoms with van der Waals surface area (Å²) in [6, 6.07) is 5.36. The van der Waals surface area contributed by atoms with Crippen LogP contribution in [0.3, 0.4) is 0 Å². The molecule has 0 radical (unpaired) electrons. The van der Waals surface area contributed by atoms with E-state index in [0.717, 1.165) is 5.69 Å². The van der Waals surface area contributed by atoms with Gasteiger partial charge in [-0.3, -0.25) is 4.79 Å². The van der Waals surface area contributed by atoms with Crippen LogP contribution in [0.4, 0.5) is 0 Å². The molecule has 6 nitrogen and oxygen atoms in total. The van der Waals surface area contributed by atoms with E-state index in [1.165, 1.54) is 0 Å². The third kappa shape index (κ3) is 4.87. The third-order valence-corrected chi connectivity index (χ3v) is 2.75. The lowest BCUT2D eigenvalue weighted by atomic mass is 10.2. The predicted octanol–water partition coefficient (Wildman–Crippen LogP) is 1.62. The van der Waals surface area contributed by atoms with Crippen molar-refractivity contribution in [3.63, 3.8) is 0 Å². The number of aromatic nitrogens is 1. The van der Waals surface area contributed by atoms with E-state index in [2.05, 4.69) is 10.1 Å². The zero-order valence-electron chi connectivity index (χ0n) is 12.2. The number of hydrogen-bond acceptors (Lipinski definition) is 4. The number of carbonyl (C=O) groups excluding carboxylic acids is 1. The number of oxime groups is 1. The molecule has 0 saturated heterocycles. The molecule has 0 fully saturated rings. The minimum absolute atomic E-state index is 0.115. The van der Waals surface area contributed by atoms with E-state index in [1.54, 1.807) is 11.0 Å². The molecule has 1 aromatic heterocycles. The van der Waals surface area contributed by atoms with Gasteiger partial charge in [-0.05, 0) is 25.0 Å². The Morgan fingerprint density at radius 2 is 2.20 bits per heavy atom. The Labute approximate surface area is 119 Å². The highest BCUT2D eigenvalue weighted by molar-refractivity contribution is 5.92. The maximum Gasteiger partial charge on any atom is 0.272 e. The Morgan fingerprint density at radius 3 is 2.75 bits per heavy atom. The molecule has 0 saturated carbocycles. The lowest BCUT2D eigenvalue weighted by Crippen LogP contribution is -2.37. The van der Waals surface area contributed by atoms with Gasteiger partial charge in [0.25, 0.3) is 5.91 Å². The molecule has 1 heterocycles. The monoisotopic (exact) mass is 278 g/mol. The fourth-order valence-corrected chi connectivity index (χ4v) is 1.84. The number of rotatable bonds is 6. The zero-order valence-corrected chi connectivity index (χ0v) is 12.2. The van der Waals surface area contributed by atoms with Gasteiger partial charge in [-0.1, -0.05) is 25.1 Å². The highest BCUT2D eigenvalue weighted by atomic mass is 16.4. The summed E-state index contributed by atoms with van der Waals surface area (Å²) in [6.45, 7) is 6.93. The van der Waals surface area contributed by atoms with Crippen LogP contribution >= 0.6 is 0 Å². The van der Waals surface area contributed by atoms with E-state index >= 15 is 0 Å². The van der Waals surface area contributed by atoms with Crippen molar-refractivity contribution in [3.8, 4) is 0 Å². The molecule has 3 N–H and O–H groups in total. The first-order valence-corrected chi connectivity index (χ1v) is 6.63. The van der Waals surface area contributed by atoms with Crippen LogP contribution in [0.1, 0.15) is 36.5 Å². The Morgan fingerprint density at radius 1 is 1.50 bits per heavy atom. The molecule has 0 aliphatic carbocycles. The summed E-state index contributed by atoms with van der Waals surface area (Å²) in [4.78, 5) is 18.4. The molecule has 1 aromatic rings. The Hall–Kier alpha value is -2.11. The van der Waals surface area contributed by atoms with Crippen molar-refractivity contribution in [2.75, 3.05) is 13.1 Å². The molecule has 1 amide bonds. The highest BCUT2D eigenvalue weighted by Gasteiger charge is 2.18. The molecule has 0 spiro atoms. The van der Waals surface area contributed by atoms with Crippen molar-refractivity contribution >= 4 is 11.7 Å². The lowest BCUT2D eigenvalue weighted by Gasteiger charge is -2.24. The van der Waals surface area contributed by atoms with Crippen molar-refractivity contribution in [3.05, 3.63) is 29.6 Å². The minimum Gasteiger partial charge on any atom is -0.409 e. The van der Waals surface area contributed by atoms with Gasteiger partial charge in [-0.25, -0.2) is 4.98 Å². The summed E-state index contributed by atoms with van der Waals surface area (Å²) < 4.78 is 0. The van der Waals surface area contributed by atoms with Crippen LogP contribution in [-0.2, 0) is 0 Å². The minimum atomic E-state index is -0.131. The molecule has 0 atom stereocenters. The van der Waals surface area contributed by atoms with Gasteiger partial charge in [0.15, 0.2) is 0 Å². The summed E-state index contributed by atoms with van der Waals surface area (Å²) in [6.07, 6.45) is 0.334. The number of aryl methyl sites for hydroxylation is 1. The summed E-state index contributed by atoms with van der Waals surface area (Å²) in [7, 11) is 0. The fourth-order valence-electron chi connectivity index (χ4n) is 1.84. The number of carbonyl (C=O) groups is 1. The molecule has 0 aliphatic rings. The largest absolute Gasteiger partial charge is 0.409 e. The third-order valence-electron chi connectivity index (χ3n) is 2.75. The Kier molecular flexibility index (Phi) is 5.96. The van der Waals surface area contributed by atoms with Gasteiger partial charge in [0, 0.05) is 25.2 Å².